The molecule has 214 valence electrons. The Morgan fingerprint density at radius 2 is 1.73 bits per heavy atom. The second-order valence-electron chi connectivity index (χ2n) is 9.47. The van der Waals surface area contributed by atoms with Crippen molar-refractivity contribution in [3.63, 3.8) is 0 Å². The molecule has 0 spiro atoms. The number of carbonyl (C=O) groups is 2. The van der Waals surface area contributed by atoms with Crippen LogP contribution in [-0.4, -0.2) is 50.7 Å². The second kappa shape index (κ2) is 13.8. The van der Waals surface area contributed by atoms with E-state index in [0.29, 0.717) is 12.1 Å². The van der Waals surface area contributed by atoms with Crippen LogP contribution in [0.4, 0.5) is 18.9 Å². The summed E-state index contributed by atoms with van der Waals surface area (Å²) in [6, 6.07) is 14.1. The fraction of sp³-hybridized carbons (Fsp3) is 0.379. The molecule has 0 bridgehead atoms. The number of unbranched alkanes of at least 4 members (excludes halogenated alkanes) is 2. The van der Waals surface area contributed by atoms with E-state index in [9.17, 15) is 32.9 Å². The maximum Gasteiger partial charge on any atom is 0.416 e. The first-order valence-corrected chi connectivity index (χ1v) is 13.1. The van der Waals surface area contributed by atoms with Crippen LogP contribution in [0, 0.1) is 10.1 Å². The molecule has 0 aliphatic rings. The van der Waals surface area contributed by atoms with E-state index < -0.39 is 22.6 Å². The molecule has 0 unspecified atom stereocenters. The summed E-state index contributed by atoms with van der Waals surface area (Å²) in [6.07, 6.45) is -0.0826. The number of halogens is 3. The van der Waals surface area contributed by atoms with Crippen LogP contribution in [0.5, 0.6) is 0 Å². The van der Waals surface area contributed by atoms with E-state index >= 15 is 0 Å². The van der Waals surface area contributed by atoms with Crippen molar-refractivity contribution in [2.24, 2.45) is 0 Å². The van der Waals surface area contributed by atoms with Gasteiger partial charge in [0.15, 0.2) is 0 Å². The molecule has 2 amide bonds. The lowest BCUT2D eigenvalue weighted by atomic mass is 10.1. The Bertz CT molecular complexity index is 1320. The Labute approximate surface area is 231 Å². The fourth-order valence-electron chi connectivity index (χ4n) is 4.36. The molecule has 3 aromatic rings. The zero-order valence-electron chi connectivity index (χ0n) is 22.6. The number of hydrogen-bond donors (Lipinski definition) is 0. The summed E-state index contributed by atoms with van der Waals surface area (Å²) in [6.45, 7) is 4.66. The highest BCUT2D eigenvalue weighted by Crippen LogP contribution is 2.29. The number of benzene rings is 2. The van der Waals surface area contributed by atoms with Gasteiger partial charge < -0.3 is 14.4 Å². The average molecular weight is 559 g/mol. The molecule has 0 aliphatic carbocycles. The maximum absolute atomic E-state index is 13.5. The normalized spacial score (nSPS) is 11.3. The van der Waals surface area contributed by atoms with Crippen LogP contribution >= 0.6 is 0 Å². The number of likely N-dealkylation sites (N-methyl/N-ethyl adjacent to an activating group) is 1. The monoisotopic (exact) mass is 558 g/mol. The SMILES string of the molecule is CCCCCN(Cc1cccn1Cc1cccc(C(F)(F)F)c1)C(=O)CN(CC)C(=O)c1cccc([N+](=O)[O-])c1. The number of nitro benzene ring substituents is 1. The number of aromatic nitrogens is 1. The molecule has 3 rings (SSSR count). The molecule has 0 saturated heterocycles. The van der Waals surface area contributed by atoms with Gasteiger partial charge in [-0.25, -0.2) is 0 Å². The van der Waals surface area contributed by atoms with Gasteiger partial charge in [-0.05, 0) is 49.2 Å². The minimum atomic E-state index is -4.44. The number of nitrogens with zero attached hydrogens (tertiary/aromatic N) is 4. The number of nitro groups is 1. The van der Waals surface area contributed by atoms with Gasteiger partial charge in [0, 0.05) is 49.2 Å². The lowest BCUT2D eigenvalue weighted by Gasteiger charge is -2.27. The van der Waals surface area contributed by atoms with E-state index in [-0.39, 0.29) is 43.3 Å². The van der Waals surface area contributed by atoms with Gasteiger partial charge in [-0.3, -0.25) is 19.7 Å². The number of hydrogen-bond acceptors (Lipinski definition) is 4. The first kappa shape index (κ1) is 30.4. The summed E-state index contributed by atoms with van der Waals surface area (Å²) in [5.41, 5.74) is 0.418. The van der Waals surface area contributed by atoms with Gasteiger partial charge in [-0.2, -0.15) is 13.2 Å². The Morgan fingerprint density at radius 1 is 0.975 bits per heavy atom. The predicted molar refractivity (Wildman–Crippen MR) is 145 cm³/mol. The van der Waals surface area contributed by atoms with Crippen molar-refractivity contribution in [2.45, 2.75) is 52.4 Å². The van der Waals surface area contributed by atoms with Gasteiger partial charge in [-0.15, -0.1) is 0 Å². The largest absolute Gasteiger partial charge is 0.416 e. The van der Waals surface area contributed by atoms with Crippen LogP contribution in [0.25, 0.3) is 0 Å². The Balaban J connectivity index is 1.77. The quantitative estimate of drug-likeness (QED) is 0.143. The number of alkyl halides is 3. The predicted octanol–water partition coefficient (Wildman–Crippen LogP) is 6.14. The molecule has 0 saturated carbocycles. The third kappa shape index (κ3) is 8.17. The lowest BCUT2D eigenvalue weighted by Crippen LogP contribution is -2.43. The van der Waals surface area contributed by atoms with E-state index in [0.717, 1.165) is 37.1 Å². The highest BCUT2D eigenvalue weighted by molar-refractivity contribution is 5.97. The summed E-state index contributed by atoms with van der Waals surface area (Å²) < 4.78 is 41.3. The third-order valence-corrected chi connectivity index (χ3v) is 6.57. The molecule has 1 aromatic heterocycles. The highest BCUT2D eigenvalue weighted by atomic mass is 19.4. The van der Waals surface area contributed by atoms with Crippen LogP contribution in [0.15, 0.2) is 66.9 Å². The summed E-state index contributed by atoms with van der Waals surface area (Å²) in [5.74, 6) is -0.774. The van der Waals surface area contributed by atoms with Gasteiger partial charge in [0.1, 0.15) is 6.54 Å². The van der Waals surface area contributed by atoms with Crippen LogP contribution in [-0.2, 0) is 24.1 Å². The third-order valence-electron chi connectivity index (χ3n) is 6.57. The van der Waals surface area contributed by atoms with E-state index in [4.69, 9.17) is 0 Å². The molecule has 0 atom stereocenters. The van der Waals surface area contributed by atoms with Crippen LogP contribution in [0.1, 0.15) is 60.3 Å². The smallest absolute Gasteiger partial charge is 0.345 e. The fourth-order valence-corrected chi connectivity index (χ4v) is 4.36. The van der Waals surface area contributed by atoms with Crippen LogP contribution in [0.3, 0.4) is 0 Å². The first-order chi connectivity index (χ1) is 19.0. The van der Waals surface area contributed by atoms with Gasteiger partial charge in [0.25, 0.3) is 11.6 Å². The van der Waals surface area contributed by atoms with Gasteiger partial charge in [0.05, 0.1) is 17.0 Å². The van der Waals surface area contributed by atoms with Crippen molar-refractivity contribution in [3.05, 3.63) is 99.4 Å². The van der Waals surface area contributed by atoms with Gasteiger partial charge in [-0.1, -0.05) is 38.0 Å². The van der Waals surface area contributed by atoms with Crippen molar-refractivity contribution in [3.8, 4) is 0 Å². The van der Waals surface area contributed by atoms with E-state index in [2.05, 4.69) is 0 Å². The molecule has 11 heteroatoms. The summed E-state index contributed by atoms with van der Waals surface area (Å²) in [4.78, 5) is 40.1. The molecule has 0 aliphatic heterocycles. The molecule has 40 heavy (non-hydrogen) atoms. The van der Waals surface area contributed by atoms with E-state index in [1.54, 1.807) is 34.7 Å². The van der Waals surface area contributed by atoms with Crippen molar-refractivity contribution in [2.75, 3.05) is 19.6 Å². The minimum absolute atomic E-state index is 0.122. The van der Waals surface area contributed by atoms with Crippen molar-refractivity contribution >= 4 is 17.5 Å². The van der Waals surface area contributed by atoms with Crippen LogP contribution < -0.4 is 0 Å². The summed E-state index contributed by atoms with van der Waals surface area (Å²) in [5, 5.41) is 11.1. The van der Waals surface area contributed by atoms with Gasteiger partial charge in [0.2, 0.25) is 5.91 Å². The zero-order valence-corrected chi connectivity index (χ0v) is 22.6. The number of rotatable bonds is 13. The molecule has 8 nitrogen and oxygen atoms in total. The van der Waals surface area contributed by atoms with Crippen LogP contribution in [0.2, 0.25) is 0 Å². The van der Waals surface area contributed by atoms with E-state index in [1.807, 2.05) is 13.0 Å². The minimum Gasteiger partial charge on any atom is -0.345 e. The molecule has 1 heterocycles. The summed E-state index contributed by atoms with van der Waals surface area (Å²) in [7, 11) is 0. The molecule has 0 fully saturated rings. The molecule has 0 radical (unpaired) electrons. The standard InChI is InChI=1S/C29H33F3N4O4/c1-3-5-6-15-35(27(37)21-33(4-2)28(38)23-11-8-13-25(18-23)36(39)40)20-26-14-9-16-34(26)19-22-10-7-12-24(17-22)29(30,31)32/h7-14,16-18H,3-6,15,19-21H2,1-2H3. The molecule has 0 N–H and O–H groups in total. The lowest BCUT2D eigenvalue weighted by molar-refractivity contribution is -0.384. The van der Waals surface area contributed by atoms with Crippen molar-refractivity contribution < 1.29 is 27.7 Å². The highest BCUT2D eigenvalue weighted by Gasteiger charge is 2.30. The number of amides is 2. The second-order valence-corrected chi connectivity index (χ2v) is 9.47. The topological polar surface area (TPSA) is 88.7 Å². The van der Waals surface area contributed by atoms with Crippen molar-refractivity contribution in [1.29, 1.82) is 0 Å². The van der Waals surface area contributed by atoms with E-state index in [1.165, 1.54) is 35.2 Å². The van der Waals surface area contributed by atoms with Crippen molar-refractivity contribution in [1.82, 2.24) is 14.4 Å². The molecular weight excluding hydrogens is 525 g/mol. The average Bonchev–Trinajstić information content (AvgIpc) is 3.36. The number of carbonyl (C=O) groups excluding carboxylic acids is 2. The first-order valence-electron chi connectivity index (χ1n) is 13.1. The maximum atomic E-state index is 13.5. The zero-order chi connectivity index (χ0) is 29.3. The van der Waals surface area contributed by atoms with Gasteiger partial charge >= 0.3 is 6.18 Å². The summed E-state index contributed by atoms with van der Waals surface area (Å²) >= 11 is 0. The number of non-ortho nitro benzene ring substituents is 1. The Morgan fingerprint density at radius 3 is 2.40 bits per heavy atom. The molecular formula is C29H33F3N4O4. The molecule has 2 aromatic carbocycles. The Hall–Kier alpha value is -4.15. The Kier molecular flexibility index (Phi) is 10.5.